The van der Waals surface area contributed by atoms with Crippen LogP contribution in [0.2, 0.25) is 10.0 Å². The summed E-state index contributed by atoms with van der Waals surface area (Å²) in [6, 6.07) is 5.44. The second-order valence-corrected chi connectivity index (χ2v) is 4.02. The molecule has 14 heavy (non-hydrogen) atoms. The number of hydrogen-bond acceptors (Lipinski definition) is 3. The Labute approximate surface area is 93.8 Å². The Morgan fingerprint density at radius 3 is 2.36 bits per heavy atom. The lowest BCUT2D eigenvalue weighted by Gasteiger charge is -2.23. The van der Waals surface area contributed by atoms with Crippen LogP contribution in [0.3, 0.4) is 0 Å². The molecular formula is C9H13Cl2N3. The van der Waals surface area contributed by atoms with Crippen molar-refractivity contribution < 1.29 is 0 Å². The molecule has 0 saturated carbocycles. The number of rotatable bonds is 3. The molecule has 3 N–H and O–H groups in total. The number of nitrogens with one attached hydrogen (secondary N) is 1. The van der Waals surface area contributed by atoms with Gasteiger partial charge in [-0.2, -0.15) is 0 Å². The van der Waals surface area contributed by atoms with Crippen LogP contribution >= 0.6 is 23.2 Å². The van der Waals surface area contributed by atoms with E-state index in [-0.39, 0.29) is 6.17 Å². The lowest BCUT2D eigenvalue weighted by molar-refractivity contribution is 0.253. The highest BCUT2D eigenvalue weighted by Gasteiger charge is 2.12. The third-order valence-electron chi connectivity index (χ3n) is 1.93. The van der Waals surface area contributed by atoms with Crippen molar-refractivity contribution in [2.24, 2.45) is 5.84 Å². The minimum Gasteiger partial charge on any atom is -0.289 e. The third kappa shape index (κ3) is 2.59. The molecule has 1 unspecified atom stereocenters. The Morgan fingerprint density at radius 2 is 1.93 bits per heavy atom. The molecular weight excluding hydrogens is 221 g/mol. The zero-order valence-corrected chi connectivity index (χ0v) is 9.60. The Kier molecular flexibility index (Phi) is 4.16. The fourth-order valence-electron chi connectivity index (χ4n) is 1.23. The van der Waals surface area contributed by atoms with Crippen LogP contribution in [0.4, 0.5) is 0 Å². The second kappa shape index (κ2) is 4.96. The van der Waals surface area contributed by atoms with E-state index < -0.39 is 0 Å². The van der Waals surface area contributed by atoms with Crippen LogP contribution in [0.25, 0.3) is 0 Å². The van der Waals surface area contributed by atoms with Gasteiger partial charge in [-0.25, -0.2) is 5.43 Å². The van der Waals surface area contributed by atoms with Crippen LogP contribution in [0.15, 0.2) is 18.2 Å². The second-order valence-electron chi connectivity index (χ2n) is 3.21. The monoisotopic (exact) mass is 233 g/mol. The van der Waals surface area contributed by atoms with Crippen molar-refractivity contribution in [1.82, 2.24) is 10.3 Å². The molecule has 78 valence electrons. The molecule has 1 aromatic rings. The van der Waals surface area contributed by atoms with E-state index in [1.54, 1.807) is 12.1 Å². The number of benzene rings is 1. The summed E-state index contributed by atoms with van der Waals surface area (Å²) in [6.07, 6.45) is -0.0650. The minimum atomic E-state index is -0.0650. The summed E-state index contributed by atoms with van der Waals surface area (Å²) in [6.45, 7) is 0. The van der Waals surface area contributed by atoms with Crippen LogP contribution in [-0.2, 0) is 0 Å². The Bertz CT molecular complexity index is 315. The molecule has 0 fully saturated rings. The third-order valence-corrected chi connectivity index (χ3v) is 2.67. The van der Waals surface area contributed by atoms with Crippen LogP contribution in [0.1, 0.15) is 11.7 Å². The van der Waals surface area contributed by atoms with E-state index in [9.17, 15) is 0 Å². The first kappa shape index (κ1) is 11.8. The van der Waals surface area contributed by atoms with Gasteiger partial charge >= 0.3 is 0 Å². The zero-order chi connectivity index (χ0) is 10.7. The molecule has 0 aromatic heterocycles. The van der Waals surface area contributed by atoms with Gasteiger partial charge in [0.15, 0.2) is 0 Å². The van der Waals surface area contributed by atoms with Crippen molar-refractivity contribution >= 4 is 23.2 Å². The van der Waals surface area contributed by atoms with E-state index in [0.29, 0.717) is 10.0 Å². The first-order valence-electron chi connectivity index (χ1n) is 4.13. The van der Waals surface area contributed by atoms with Gasteiger partial charge in [0.25, 0.3) is 0 Å². The van der Waals surface area contributed by atoms with E-state index in [0.717, 1.165) is 5.56 Å². The maximum atomic E-state index is 5.90. The molecule has 0 saturated heterocycles. The van der Waals surface area contributed by atoms with Crippen LogP contribution in [0, 0.1) is 0 Å². The highest BCUT2D eigenvalue weighted by molar-refractivity contribution is 6.42. The first-order valence-corrected chi connectivity index (χ1v) is 4.89. The van der Waals surface area contributed by atoms with Crippen LogP contribution < -0.4 is 11.3 Å². The van der Waals surface area contributed by atoms with E-state index in [1.807, 2.05) is 25.1 Å². The molecule has 5 heteroatoms. The normalized spacial score (nSPS) is 13.3. The average Bonchev–Trinajstić information content (AvgIpc) is 2.11. The highest BCUT2D eigenvalue weighted by Crippen LogP contribution is 2.25. The van der Waals surface area contributed by atoms with Crippen molar-refractivity contribution in [3.8, 4) is 0 Å². The standard InChI is InChI=1S/C9H13Cl2N3/c1-14(2)9(13-12)6-3-4-7(10)8(11)5-6/h3-5,9,13H,12H2,1-2H3. The number of nitrogens with two attached hydrogens (primary N) is 1. The van der Waals surface area contributed by atoms with Gasteiger partial charge < -0.3 is 0 Å². The zero-order valence-electron chi connectivity index (χ0n) is 8.09. The van der Waals surface area contributed by atoms with Gasteiger partial charge in [-0.3, -0.25) is 10.7 Å². The summed E-state index contributed by atoms with van der Waals surface area (Å²) >= 11 is 11.7. The molecule has 0 aliphatic rings. The Balaban J connectivity index is 3.00. The predicted molar refractivity (Wildman–Crippen MR) is 60.2 cm³/mol. The maximum Gasteiger partial charge on any atom is 0.0981 e. The fourth-order valence-corrected chi connectivity index (χ4v) is 1.53. The summed E-state index contributed by atoms with van der Waals surface area (Å²) in [5, 5.41) is 1.08. The van der Waals surface area contributed by atoms with Gasteiger partial charge in [-0.05, 0) is 31.8 Å². The number of hydrazine groups is 1. The van der Waals surface area contributed by atoms with Crippen LogP contribution in [-0.4, -0.2) is 19.0 Å². The van der Waals surface area contributed by atoms with Crippen molar-refractivity contribution in [2.45, 2.75) is 6.17 Å². The van der Waals surface area contributed by atoms with Gasteiger partial charge in [0.05, 0.1) is 16.2 Å². The summed E-state index contributed by atoms with van der Waals surface area (Å²) < 4.78 is 0. The van der Waals surface area contributed by atoms with Gasteiger partial charge in [-0.1, -0.05) is 29.3 Å². The fraction of sp³-hybridized carbons (Fsp3) is 0.333. The molecule has 0 amide bonds. The minimum absolute atomic E-state index is 0.0650. The molecule has 0 radical (unpaired) electrons. The predicted octanol–water partition coefficient (Wildman–Crippen LogP) is 2.02. The summed E-state index contributed by atoms with van der Waals surface area (Å²) in [5.41, 5.74) is 3.67. The maximum absolute atomic E-state index is 5.90. The first-order chi connectivity index (χ1) is 6.56. The van der Waals surface area contributed by atoms with Crippen molar-refractivity contribution in [2.75, 3.05) is 14.1 Å². The number of halogens is 2. The van der Waals surface area contributed by atoms with Gasteiger partial charge in [0.1, 0.15) is 0 Å². The molecule has 1 aromatic carbocycles. The van der Waals surface area contributed by atoms with Crippen LogP contribution in [0.5, 0.6) is 0 Å². The number of nitrogens with zero attached hydrogens (tertiary/aromatic N) is 1. The molecule has 3 nitrogen and oxygen atoms in total. The molecule has 0 spiro atoms. The smallest absolute Gasteiger partial charge is 0.0981 e. The summed E-state index contributed by atoms with van der Waals surface area (Å²) in [4.78, 5) is 1.94. The van der Waals surface area contributed by atoms with Gasteiger partial charge in [0.2, 0.25) is 0 Å². The SMILES string of the molecule is CN(C)C(NN)c1ccc(Cl)c(Cl)c1. The molecule has 0 aliphatic carbocycles. The van der Waals surface area contributed by atoms with E-state index in [4.69, 9.17) is 29.0 Å². The molecule has 1 atom stereocenters. The molecule has 1 rings (SSSR count). The van der Waals surface area contributed by atoms with E-state index in [2.05, 4.69) is 5.43 Å². The number of hydrogen-bond donors (Lipinski definition) is 2. The largest absolute Gasteiger partial charge is 0.289 e. The lowest BCUT2D eigenvalue weighted by Crippen LogP contribution is -2.37. The lowest BCUT2D eigenvalue weighted by atomic mass is 10.1. The van der Waals surface area contributed by atoms with Gasteiger partial charge in [0, 0.05) is 0 Å². The summed E-state index contributed by atoms with van der Waals surface area (Å²) in [7, 11) is 3.85. The quantitative estimate of drug-likeness (QED) is 0.477. The molecule has 0 bridgehead atoms. The Hall–Kier alpha value is -0.320. The van der Waals surface area contributed by atoms with Crippen molar-refractivity contribution in [3.63, 3.8) is 0 Å². The highest BCUT2D eigenvalue weighted by atomic mass is 35.5. The van der Waals surface area contributed by atoms with Gasteiger partial charge in [-0.15, -0.1) is 0 Å². The van der Waals surface area contributed by atoms with E-state index in [1.165, 1.54) is 0 Å². The van der Waals surface area contributed by atoms with Crippen molar-refractivity contribution in [1.29, 1.82) is 0 Å². The average molecular weight is 234 g/mol. The topological polar surface area (TPSA) is 41.3 Å². The molecule has 0 heterocycles. The van der Waals surface area contributed by atoms with E-state index >= 15 is 0 Å². The Morgan fingerprint density at radius 1 is 1.29 bits per heavy atom. The van der Waals surface area contributed by atoms with Crippen molar-refractivity contribution in [3.05, 3.63) is 33.8 Å². The summed E-state index contributed by atoms with van der Waals surface area (Å²) in [5.74, 6) is 5.43. The molecule has 0 aliphatic heterocycles.